The van der Waals surface area contributed by atoms with Crippen molar-refractivity contribution in [3.8, 4) is 0 Å². The number of benzene rings is 4. The van der Waals surface area contributed by atoms with Crippen molar-refractivity contribution in [2.45, 2.75) is 18.6 Å². The van der Waals surface area contributed by atoms with Crippen molar-refractivity contribution in [2.24, 2.45) is 11.8 Å². The van der Waals surface area contributed by atoms with Crippen LogP contribution in [0.25, 0.3) is 10.8 Å². The Bertz CT molecular complexity index is 1630. The highest BCUT2D eigenvalue weighted by Crippen LogP contribution is 2.58. The topological polar surface area (TPSA) is 80.8 Å². The average Bonchev–Trinajstić information content (AvgIpc) is 3.49. The maximum atomic E-state index is 14.0. The second-order valence-electron chi connectivity index (χ2n) is 9.90. The molecule has 0 saturated carbocycles. The van der Waals surface area contributed by atoms with Crippen LogP contribution < -0.4 is 4.90 Å². The van der Waals surface area contributed by atoms with E-state index in [2.05, 4.69) is 0 Å². The molecule has 2 heterocycles. The molecule has 0 aromatic heterocycles. The van der Waals surface area contributed by atoms with Gasteiger partial charge in [-0.05, 0) is 35.4 Å². The van der Waals surface area contributed by atoms with Gasteiger partial charge < -0.3 is 4.74 Å². The maximum absolute atomic E-state index is 14.0. The molecule has 1 aliphatic carbocycles. The number of carbonyl (C=O) groups is 4. The first-order chi connectivity index (χ1) is 17.9. The molecule has 4 aromatic rings. The van der Waals surface area contributed by atoms with Crippen LogP contribution in [-0.4, -0.2) is 29.0 Å². The Labute approximate surface area is 212 Å². The number of fused-ring (bicyclic) bond motifs is 4. The third-order valence-electron chi connectivity index (χ3n) is 7.94. The van der Waals surface area contributed by atoms with Crippen molar-refractivity contribution in [3.63, 3.8) is 0 Å². The number of anilines is 1. The summed E-state index contributed by atoms with van der Waals surface area (Å²) in [5, 5.41) is 1.77. The first-order valence-corrected chi connectivity index (χ1v) is 12.2. The molecule has 2 amide bonds. The van der Waals surface area contributed by atoms with E-state index in [9.17, 15) is 19.2 Å². The lowest BCUT2D eigenvalue weighted by atomic mass is 9.77. The molecule has 0 bridgehead atoms. The summed E-state index contributed by atoms with van der Waals surface area (Å²) in [6.07, 6.45) is -0.954. The fourth-order valence-corrected chi connectivity index (χ4v) is 6.25. The van der Waals surface area contributed by atoms with E-state index in [4.69, 9.17) is 4.74 Å². The van der Waals surface area contributed by atoms with Crippen LogP contribution in [-0.2, 0) is 14.3 Å². The Morgan fingerprint density at radius 2 is 1.32 bits per heavy atom. The van der Waals surface area contributed by atoms with Gasteiger partial charge in [-0.25, -0.2) is 4.90 Å². The molecular weight excluding hydrogens is 466 g/mol. The third kappa shape index (κ3) is 2.73. The van der Waals surface area contributed by atoms with Crippen molar-refractivity contribution in [1.82, 2.24) is 0 Å². The van der Waals surface area contributed by atoms with Crippen molar-refractivity contribution < 1.29 is 23.9 Å². The van der Waals surface area contributed by atoms with E-state index in [0.29, 0.717) is 11.3 Å². The predicted octanol–water partition coefficient (Wildman–Crippen LogP) is 4.84. The molecule has 0 N–H and O–H groups in total. The van der Waals surface area contributed by atoms with Gasteiger partial charge in [-0.2, -0.15) is 0 Å². The Hall–Kier alpha value is -4.42. The van der Waals surface area contributed by atoms with E-state index in [1.165, 1.54) is 0 Å². The van der Waals surface area contributed by atoms with E-state index >= 15 is 0 Å². The SMILES string of the molecule is Cc1ccc(N2C(=O)[C@H]3[C@@H](C2=O)C2(O[C@H]3c3cccc4ccccc34)C(=O)c3ccccc3C2=O)cc1. The van der Waals surface area contributed by atoms with Crippen molar-refractivity contribution in [1.29, 1.82) is 0 Å². The number of nitrogens with zero attached hydrogens (tertiary/aromatic N) is 1. The Morgan fingerprint density at radius 3 is 2.03 bits per heavy atom. The van der Waals surface area contributed by atoms with Crippen LogP contribution in [0.1, 0.15) is 37.9 Å². The lowest BCUT2D eigenvalue weighted by Gasteiger charge is -2.27. The van der Waals surface area contributed by atoms with Gasteiger partial charge in [0.15, 0.2) is 0 Å². The van der Waals surface area contributed by atoms with E-state index in [-0.39, 0.29) is 11.1 Å². The molecule has 0 unspecified atom stereocenters. The highest BCUT2D eigenvalue weighted by molar-refractivity contribution is 6.37. The predicted molar refractivity (Wildman–Crippen MR) is 136 cm³/mol. The molecule has 0 radical (unpaired) electrons. The lowest BCUT2D eigenvalue weighted by Crippen LogP contribution is -2.51. The minimum atomic E-state index is -2.08. The van der Waals surface area contributed by atoms with Gasteiger partial charge in [0, 0.05) is 11.1 Å². The van der Waals surface area contributed by atoms with E-state index in [0.717, 1.165) is 21.2 Å². The molecule has 4 aromatic carbocycles. The van der Waals surface area contributed by atoms with Crippen molar-refractivity contribution in [2.75, 3.05) is 4.90 Å². The number of Topliss-reactive ketones (excluding diaryl/α,β-unsaturated/α-hetero) is 2. The van der Waals surface area contributed by atoms with Crippen molar-refractivity contribution in [3.05, 3.63) is 113 Å². The summed E-state index contributed by atoms with van der Waals surface area (Å²) in [4.78, 5) is 57.1. The fraction of sp³-hybridized carbons (Fsp3) is 0.161. The number of ketones is 2. The van der Waals surface area contributed by atoms with Crippen LogP contribution in [0.2, 0.25) is 0 Å². The summed E-state index contributed by atoms with van der Waals surface area (Å²) < 4.78 is 6.45. The molecule has 2 fully saturated rings. The zero-order valence-corrected chi connectivity index (χ0v) is 19.9. The van der Waals surface area contributed by atoms with Crippen LogP contribution in [0, 0.1) is 18.8 Å². The standard InChI is InChI=1S/C31H21NO5/c1-17-13-15-19(16-14-17)32-29(35)24-25(30(32)36)31(27(33)22-10-4-5-11-23(22)28(31)34)37-26(24)21-12-6-8-18-7-2-3-9-20(18)21/h2-16,24-26H,1H3/t24-,25-,26-/m0/s1. The number of hydrogen-bond acceptors (Lipinski definition) is 5. The van der Waals surface area contributed by atoms with Gasteiger partial charge in [0.1, 0.15) is 0 Å². The molecule has 37 heavy (non-hydrogen) atoms. The Morgan fingerprint density at radius 1 is 0.703 bits per heavy atom. The molecule has 6 heteroatoms. The molecule has 7 rings (SSSR count). The molecule has 2 aliphatic heterocycles. The minimum Gasteiger partial charge on any atom is -0.349 e. The van der Waals surface area contributed by atoms with Gasteiger partial charge in [-0.1, -0.05) is 84.4 Å². The van der Waals surface area contributed by atoms with E-state index in [1.54, 1.807) is 36.4 Å². The Balaban J connectivity index is 1.46. The highest BCUT2D eigenvalue weighted by Gasteiger charge is 2.74. The molecule has 3 aliphatic rings. The summed E-state index contributed by atoms with van der Waals surface area (Å²) in [5.74, 6) is -4.46. The average molecular weight is 488 g/mol. The number of aryl methyl sites for hydroxylation is 1. The summed E-state index contributed by atoms with van der Waals surface area (Å²) in [6.45, 7) is 1.92. The lowest BCUT2D eigenvalue weighted by molar-refractivity contribution is -0.127. The molecule has 180 valence electrons. The number of carbonyl (C=O) groups excluding carboxylic acids is 4. The monoisotopic (exact) mass is 487 g/mol. The van der Waals surface area contributed by atoms with Gasteiger partial charge >= 0.3 is 0 Å². The normalized spacial score (nSPS) is 23.8. The van der Waals surface area contributed by atoms with Crippen LogP contribution >= 0.6 is 0 Å². The minimum absolute atomic E-state index is 0.221. The van der Waals surface area contributed by atoms with Gasteiger partial charge in [0.25, 0.3) is 0 Å². The molecule has 1 spiro atoms. The second kappa shape index (κ2) is 7.54. The number of rotatable bonds is 2. The molecular formula is C31H21NO5. The van der Waals surface area contributed by atoms with E-state index < -0.39 is 46.9 Å². The number of ether oxygens (including phenoxy) is 1. The maximum Gasteiger partial charge on any atom is 0.241 e. The Kier molecular flexibility index (Phi) is 4.45. The molecule has 2 saturated heterocycles. The quantitative estimate of drug-likeness (QED) is 0.299. The first kappa shape index (κ1) is 21.8. The smallest absolute Gasteiger partial charge is 0.241 e. The van der Waals surface area contributed by atoms with Gasteiger partial charge in [-0.3, -0.25) is 19.2 Å². The zero-order chi connectivity index (χ0) is 25.5. The number of hydrogen-bond donors (Lipinski definition) is 0. The summed E-state index contributed by atoms with van der Waals surface area (Å²) in [6, 6.07) is 26.9. The van der Waals surface area contributed by atoms with Gasteiger partial charge in [0.2, 0.25) is 29.0 Å². The summed E-state index contributed by atoms with van der Waals surface area (Å²) in [7, 11) is 0. The van der Waals surface area contributed by atoms with Crippen LogP contribution in [0.5, 0.6) is 0 Å². The summed E-state index contributed by atoms with van der Waals surface area (Å²) >= 11 is 0. The third-order valence-corrected chi connectivity index (χ3v) is 7.94. The second-order valence-corrected chi connectivity index (χ2v) is 9.90. The van der Waals surface area contributed by atoms with Crippen LogP contribution in [0.4, 0.5) is 5.69 Å². The van der Waals surface area contributed by atoms with Crippen LogP contribution in [0.15, 0.2) is 91.0 Å². The molecule has 6 nitrogen and oxygen atoms in total. The largest absolute Gasteiger partial charge is 0.349 e. The van der Waals surface area contributed by atoms with Gasteiger partial charge in [0.05, 0.1) is 23.6 Å². The summed E-state index contributed by atoms with van der Waals surface area (Å²) in [5.41, 5.74) is 0.429. The zero-order valence-electron chi connectivity index (χ0n) is 19.9. The number of amides is 2. The van der Waals surface area contributed by atoms with Gasteiger partial charge in [-0.15, -0.1) is 0 Å². The highest BCUT2D eigenvalue weighted by atomic mass is 16.5. The first-order valence-electron chi connectivity index (χ1n) is 12.2. The molecule has 3 atom stereocenters. The van der Waals surface area contributed by atoms with E-state index in [1.807, 2.05) is 61.5 Å². The fourth-order valence-electron chi connectivity index (χ4n) is 6.25. The van der Waals surface area contributed by atoms with Crippen molar-refractivity contribution >= 4 is 39.8 Å². The number of imide groups is 1. The van der Waals surface area contributed by atoms with Crippen LogP contribution in [0.3, 0.4) is 0 Å².